The molecule has 29 heavy (non-hydrogen) atoms. The summed E-state index contributed by atoms with van der Waals surface area (Å²) in [6.45, 7) is 0. The minimum Gasteiger partial charge on any atom is -0.493 e. The van der Waals surface area contributed by atoms with E-state index >= 15 is 0 Å². The smallest absolute Gasteiger partial charge is 0.416 e. The summed E-state index contributed by atoms with van der Waals surface area (Å²) in [5.74, 6) is 1.83. The molecule has 0 aliphatic carbocycles. The number of benzene rings is 2. The zero-order chi connectivity index (χ0) is 21.0. The van der Waals surface area contributed by atoms with Crippen molar-refractivity contribution in [3.63, 3.8) is 0 Å². The van der Waals surface area contributed by atoms with E-state index < -0.39 is 11.7 Å². The van der Waals surface area contributed by atoms with Gasteiger partial charge in [0.2, 0.25) is 5.75 Å². The van der Waals surface area contributed by atoms with Gasteiger partial charge in [0.15, 0.2) is 11.5 Å². The molecule has 3 aromatic rings. The summed E-state index contributed by atoms with van der Waals surface area (Å²) in [4.78, 5) is 8.29. The SMILES string of the molecule is COc1cc(Nc2cc(-c3ccc(C(F)(F)F)cc3)ncn2)cc(OC)c1OC. The highest BCUT2D eigenvalue weighted by Crippen LogP contribution is 2.40. The highest BCUT2D eigenvalue weighted by molar-refractivity contribution is 5.69. The molecule has 152 valence electrons. The molecule has 1 heterocycles. The van der Waals surface area contributed by atoms with Gasteiger partial charge in [0.05, 0.1) is 32.6 Å². The number of nitrogens with zero attached hydrogens (tertiary/aromatic N) is 2. The van der Waals surface area contributed by atoms with Gasteiger partial charge in [-0.15, -0.1) is 0 Å². The van der Waals surface area contributed by atoms with Crippen LogP contribution in [0.3, 0.4) is 0 Å². The minimum absolute atomic E-state index is 0.448. The van der Waals surface area contributed by atoms with E-state index in [1.54, 1.807) is 18.2 Å². The lowest BCUT2D eigenvalue weighted by Crippen LogP contribution is -2.04. The minimum atomic E-state index is -4.39. The molecule has 0 aliphatic rings. The molecule has 0 aliphatic heterocycles. The third-order valence-electron chi connectivity index (χ3n) is 4.11. The molecule has 0 amide bonds. The molecule has 0 saturated carbocycles. The third-order valence-corrected chi connectivity index (χ3v) is 4.11. The highest BCUT2D eigenvalue weighted by atomic mass is 19.4. The van der Waals surface area contributed by atoms with Gasteiger partial charge in [-0.05, 0) is 12.1 Å². The van der Waals surface area contributed by atoms with Crippen LogP contribution in [0, 0.1) is 0 Å². The lowest BCUT2D eigenvalue weighted by atomic mass is 10.1. The van der Waals surface area contributed by atoms with Crippen molar-refractivity contribution in [3.8, 4) is 28.5 Å². The maximum absolute atomic E-state index is 12.7. The van der Waals surface area contributed by atoms with Crippen LogP contribution in [0.5, 0.6) is 17.2 Å². The summed E-state index contributed by atoms with van der Waals surface area (Å²) in [6.07, 6.45) is -3.06. The molecule has 0 atom stereocenters. The van der Waals surface area contributed by atoms with Gasteiger partial charge in [-0.1, -0.05) is 12.1 Å². The van der Waals surface area contributed by atoms with Crippen LogP contribution < -0.4 is 19.5 Å². The average Bonchev–Trinajstić information content (AvgIpc) is 2.72. The number of methoxy groups -OCH3 is 3. The standard InChI is InChI=1S/C20H18F3N3O3/c1-27-16-8-14(9-17(28-2)19(16)29-3)26-18-10-15(24-11-25-18)12-4-6-13(7-5-12)20(21,22)23/h4-11H,1-3H3,(H,24,25,26). The summed E-state index contributed by atoms with van der Waals surface area (Å²) in [5.41, 5.74) is 0.916. The molecule has 3 rings (SSSR count). The monoisotopic (exact) mass is 405 g/mol. The summed E-state index contributed by atoms with van der Waals surface area (Å²) >= 11 is 0. The summed E-state index contributed by atoms with van der Waals surface area (Å²) < 4.78 is 54.2. The van der Waals surface area contributed by atoms with Crippen molar-refractivity contribution in [1.29, 1.82) is 0 Å². The summed E-state index contributed by atoms with van der Waals surface area (Å²) in [5, 5.41) is 3.10. The molecule has 1 N–H and O–H groups in total. The first kappa shape index (κ1) is 20.2. The number of aromatic nitrogens is 2. The second-order valence-electron chi connectivity index (χ2n) is 5.90. The first-order chi connectivity index (χ1) is 13.9. The van der Waals surface area contributed by atoms with Crippen LogP contribution in [-0.2, 0) is 6.18 Å². The molecule has 1 aromatic heterocycles. The van der Waals surface area contributed by atoms with Gasteiger partial charge in [0.1, 0.15) is 12.1 Å². The number of hydrogen-bond donors (Lipinski definition) is 1. The number of halogens is 3. The zero-order valence-electron chi connectivity index (χ0n) is 15.9. The normalized spacial score (nSPS) is 11.1. The number of rotatable bonds is 6. The number of hydrogen-bond acceptors (Lipinski definition) is 6. The Morgan fingerprint density at radius 3 is 1.97 bits per heavy atom. The molecular weight excluding hydrogens is 387 g/mol. The van der Waals surface area contributed by atoms with Gasteiger partial charge in [-0.3, -0.25) is 0 Å². The van der Waals surface area contributed by atoms with Gasteiger partial charge in [0, 0.05) is 29.4 Å². The number of alkyl halides is 3. The Bertz CT molecular complexity index is 967. The molecule has 0 unspecified atom stereocenters. The van der Waals surface area contributed by atoms with Crippen molar-refractivity contribution in [2.75, 3.05) is 26.6 Å². The van der Waals surface area contributed by atoms with Crippen LogP contribution in [0.2, 0.25) is 0 Å². The van der Waals surface area contributed by atoms with Crippen LogP contribution in [0.15, 0.2) is 48.8 Å². The van der Waals surface area contributed by atoms with Crippen molar-refractivity contribution in [2.24, 2.45) is 0 Å². The van der Waals surface area contributed by atoms with Crippen molar-refractivity contribution >= 4 is 11.5 Å². The highest BCUT2D eigenvalue weighted by Gasteiger charge is 2.30. The predicted molar refractivity (Wildman–Crippen MR) is 102 cm³/mol. The van der Waals surface area contributed by atoms with E-state index in [0.717, 1.165) is 12.1 Å². The second-order valence-corrected chi connectivity index (χ2v) is 5.90. The van der Waals surface area contributed by atoms with E-state index in [0.29, 0.717) is 40.0 Å². The van der Waals surface area contributed by atoms with E-state index in [2.05, 4.69) is 15.3 Å². The van der Waals surface area contributed by atoms with Crippen molar-refractivity contribution in [2.45, 2.75) is 6.18 Å². The summed E-state index contributed by atoms with van der Waals surface area (Å²) in [6, 6.07) is 9.82. The van der Waals surface area contributed by atoms with Crippen LogP contribution in [0.25, 0.3) is 11.3 Å². The molecule has 2 aromatic carbocycles. The van der Waals surface area contributed by atoms with Gasteiger partial charge in [0.25, 0.3) is 0 Å². The number of ether oxygens (including phenoxy) is 3. The van der Waals surface area contributed by atoms with Crippen LogP contribution in [-0.4, -0.2) is 31.3 Å². The number of anilines is 2. The fourth-order valence-corrected chi connectivity index (χ4v) is 2.71. The molecule has 0 spiro atoms. The number of nitrogens with one attached hydrogen (secondary N) is 1. The van der Waals surface area contributed by atoms with E-state index in [4.69, 9.17) is 14.2 Å². The Labute approximate surface area is 165 Å². The molecular formula is C20H18F3N3O3. The maximum Gasteiger partial charge on any atom is 0.416 e. The quantitative estimate of drug-likeness (QED) is 0.627. The molecule has 0 saturated heterocycles. The lowest BCUT2D eigenvalue weighted by Gasteiger charge is -2.15. The third kappa shape index (κ3) is 4.50. The van der Waals surface area contributed by atoms with E-state index in [-0.39, 0.29) is 0 Å². The predicted octanol–water partition coefficient (Wildman–Crippen LogP) is 4.93. The van der Waals surface area contributed by atoms with E-state index in [9.17, 15) is 13.2 Å². The molecule has 0 radical (unpaired) electrons. The second kappa shape index (κ2) is 8.26. The Hall–Kier alpha value is -3.49. The Kier molecular flexibility index (Phi) is 5.76. The van der Waals surface area contributed by atoms with Gasteiger partial charge < -0.3 is 19.5 Å². The van der Waals surface area contributed by atoms with Crippen molar-refractivity contribution in [3.05, 3.63) is 54.4 Å². The fraction of sp³-hybridized carbons (Fsp3) is 0.200. The average molecular weight is 405 g/mol. The van der Waals surface area contributed by atoms with Crippen molar-refractivity contribution < 1.29 is 27.4 Å². The topological polar surface area (TPSA) is 65.5 Å². The van der Waals surface area contributed by atoms with Crippen LogP contribution in [0.1, 0.15) is 5.56 Å². The van der Waals surface area contributed by atoms with Gasteiger partial charge in [-0.25, -0.2) is 9.97 Å². The summed E-state index contributed by atoms with van der Waals surface area (Å²) in [7, 11) is 4.52. The van der Waals surface area contributed by atoms with Crippen molar-refractivity contribution in [1.82, 2.24) is 9.97 Å². The zero-order valence-corrected chi connectivity index (χ0v) is 15.9. The first-order valence-corrected chi connectivity index (χ1v) is 8.42. The fourth-order valence-electron chi connectivity index (χ4n) is 2.71. The van der Waals surface area contributed by atoms with E-state index in [1.807, 2.05) is 0 Å². The Morgan fingerprint density at radius 1 is 0.828 bits per heavy atom. The molecule has 9 heteroatoms. The Balaban J connectivity index is 1.89. The van der Waals surface area contributed by atoms with E-state index in [1.165, 1.54) is 39.8 Å². The molecule has 0 bridgehead atoms. The van der Waals surface area contributed by atoms with Crippen LogP contribution >= 0.6 is 0 Å². The maximum atomic E-state index is 12.7. The van der Waals surface area contributed by atoms with Gasteiger partial charge in [-0.2, -0.15) is 13.2 Å². The molecule has 6 nitrogen and oxygen atoms in total. The molecule has 0 fully saturated rings. The lowest BCUT2D eigenvalue weighted by molar-refractivity contribution is -0.137. The van der Waals surface area contributed by atoms with Crippen LogP contribution in [0.4, 0.5) is 24.7 Å². The van der Waals surface area contributed by atoms with Gasteiger partial charge >= 0.3 is 6.18 Å². The first-order valence-electron chi connectivity index (χ1n) is 8.42. The Morgan fingerprint density at radius 2 is 1.45 bits per heavy atom. The largest absolute Gasteiger partial charge is 0.493 e.